The van der Waals surface area contributed by atoms with Crippen LogP contribution in [-0.4, -0.2) is 24.9 Å². The molecule has 0 aliphatic rings. The molecule has 0 aliphatic carbocycles. The zero-order valence-corrected chi connectivity index (χ0v) is 12.4. The quantitative estimate of drug-likeness (QED) is 0.620. The summed E-state index contributed by atoms with van der Waals surface area (Å²) < 4.78 is 92.3. The highest BCUT2D eigenvalue weighted by Gasteiger charge is 2.57. The van der Waals surface area contributed by atoms with Crippen LogP contribution in [-0.2, 0) is 4.74 Å². The molecular weight excluding hydrogens is 354 g/mol. The van der Waals surface area contributed by atoms with Crippen LogP contribution in [0, 0.1) is 0 Å². The third-order valence-electron chi connectivity index (χ3n) is 2.77. The van der Waals surface area contributed by atoms with Crippen LogP contribution in [0.15, 0.2) is 60.7 Å². The Labute approximate surface area is 138 Å². The van der Waals surface area contributed by atoms with Gasteiger partial charge in [-0.25, -0.2) is 4.74 Å². The molecule has 2 rings (SSSR count). The average Bonchev–Trinajstić information content (AvgIpc) is 2.55. The van der Waals surface area contributed by atoms with Gasteiger partial charge in [-0.1, -0.05) is 36.4 Å². The summed E-state index contributed by atoms with van der Waals surface area (Å²) in [6, 6.07) is 12.9. The van der Waals surface area contributed by atoms with Crippen molar-refractivity contribution < 1.29 is 40.6 Å². The minimum Gasteiger partial charge on any atom is -0.452 e. The number of rotatable bonds is 8. The zero-order valence-electron chi connectivity index (χ0n) is 12.4. The zero-order chi connectivity index (χ0) is 18.5. The van der Waals surface area contributed by atoms with Gasteiger partial charge < -0.3 is 9.47 Å². The molecule has 2 aromatic rings. The van der Waals surface area contributed by atoms with E-state index in [1.807, 2.05) is 0 Å². The second-order valence-corrected chi connectivity index (χ2v) is 4.72. The van der Waals surface area contributed by atoms with E-state index in [-0.39, 0.29) is 11.5 Å². The molecule has 0 N–H and O–H groups in total. The largest absolute Gasteiger partial charge is 0.452 e. The van der Waals surface area contributed by atoms with Crippen molar-refractivity contribution in [2.45, 2.75) is 24.9 Å². The molecule has 2 unspecified atom stereocenters. The minimum atomic E-state index is -5.14. The highest BCUT2D eigenvalue weighted by atomic mass is 19.3. The molecule has 0 saturated heterocycles. The van der Waals surface area contributed by atoms with Crippen LogP contribution in [0.25, 0.3) is 0 Å². The van der Waals surface area contributed by atoms with E-state index in [9.17, 15) is 26.3 Å². The molecule has 0 aromatic heterocycles. The Morgan fingerprint density at radius 3 is 1.24 bits per heavy atom. The SMILES string of the molecule is FC(Oc1ccccc1)C(F)(F)OC(F)(F)C(F)Oc1ccccc1. The van der Waals surface area contributed by atoms with Crippen LogP contribution >= 0.6 is 0 Å². The lowest BCUT2D eigenvalue weighted by Gasteiger charge is -2.27. The van der Waals surface area contributed by atoms with Gasteiger partial charge in [-0.3, -0.25) is 0 Å². The molecule has 9 heteroatoms. The van der Waals surface area contributed by atoms with Crippen molar-refractivity contribution in [2.24, 2.45) is 0 Å². The molecule has 0 saturated carbocycles. The molecule has 0 fully saturated rings. The first-order valence-electron chi connectivity index (χ1n) is 6.88. The second-order valence-electron chi connectivity index (χ2n) is 4.72. The van der Waals surface area contributed by atoms with Gasteiger partial charge in [0.1, 0.15) is 11.5 Å². The highest BCUT2D eigenvalue weighted by molar-refractivity contribution is 5.21. The Kier molecular flexibility index (Phi) is 5.78. The Hall–Kier alpha value is -2.42. The van der Waals surface area contributed by atoms with Gasteiger partial charge in [-0.15, -0.1) is 0 Å². The van der Waals surface area contributed by atoms with Gasteiger partial charge in [0.15, 0.2) is 0 Å². The Morgan fingerprint density at radius 1 is 0.600 bits per heavy atom. The summed E-state index contributed by atoms with van der Waals surface area (Å²) >= 11 is 0. The first-order valence-corrected chi connectivity index (χ1v) is 6.88. The van der Waals surface area contributed by atoms with Gasteiger partial charge in [0, 0.05) is 0 Å². The average molecular weight is 366 g/mol. The lowest BCUT2D eigenvalue weighted by Crippen LogP contribution is -2.48. The fourth-order valence-electron chi connectivity index (χ4n) is 1.65. The molecule has 0 amide bonds. The first-order chi connectivity index (χ1) is 11.7. The number of para-hydroxylation sites is 2. The Morgan fingerprint density at radius 2 is 0.920 bits per heavy atom. The molecule has 2 aromatic carbocycles. The van der Waals surface area contributed by atoms with Gasteiger partial charge >= 0.3 is 24.9 Å². The summed E-state index contributed by atoms with van der Waals surface area (Å²) in [6.45, 7) is 0. The monoisotopic (exact) mass is 366 g/mol. The third kappa shape index (κ3) is 5.28. The first kappa shape index (κ1) is 18.9. The highest BCUT2D eigenvalue weighted by Crippen LogP contribution is 2.36. The van der Waals surface area contributed by atoms with E-state index < -0.39 is 24.9 Å². The van der Waals surface area contributed by atoms with Gasteiger partial charge in [-0.05, 0) is 24.3 Å². The van der Waals surface area contributed by atoms with Gasteiger partial charge in [0.25, 0.3) is 0 Å². The van der Waals surface area contributed by atoms with Gasteiger partial charge in [-0.2, -0.15) is 26.3 Å². The standard InChI is InChI=1S/C16H12F6O3/c17-13(23-11-7-3-1-4-8-11)15(19,20)25-16(21,22)14(18)24-12-9-5-2-6-10-12/h1-10,13-14H. The van der Waals surface area contributed by atoms with Crippen molar-refractivity contribution in [3.8, 4) is 11.5 Å². The van der Waals surface area contributed by atoms with E-state index >= 15 is 0 Å². The molecular formula is C16H12F6O3. The fourth-order valence-corrected chi connectivity index (χ4v) is 1.65. The van der Waals surface area contributed by atoms with Crippen molar-refractivity contribution in [3.05, 3.63) is 60.7 Å². The van der Waals surface area contributed by atoms with Gasteiger partial charge in [0.2, 0.25) is 0 Å². The number of ether oxygens (including phenoxy) is 3. The molecule has 0 bridgehead atoms. The van der Waals surface area contributed by atoms with Crippen LogP contribution in [0.5, 0.6) is 11.5 Å². The maximum Gasteiger partial charge on any atom is 0.427 e. The number of hydrogen-bond acceptors (Lipinski definition) is 3. The molecule has 0 spiro atoms. The van der Waals surface area contributed by atoms with Crippen molar-refractivity contribution in [1.82, 2.24) is 0 Å². The maximum absolute atomic E-state index is 13.5. The lowest BCUT2D eigenvalue weighted by molar-refractivity contribution is -0.435. The van der Waals surface area contributed by atoms with E-state index in [2.05, 4.69) is 14.2 Å². The van der Waals surface area contributed by atoms with Crippen molar-refractivity contribution in [1.29, 1.82) is 0 Å². The van der Waals surface area contributed by atoms with Crippen LogP contribution in [0.4, 0.5) is 26.3 Å². The van der Waals surface area contributed by atoms with Crippen LogP contribution in [0.2, 0.25) is 0 Å². The van der Waals surface area contributed by atoms with Crippen LogP contribution in [0.1, 0.15) is 0 Å². The number of halogens is 6. The summed E-state index contributed by atoms with van der Waals surface area (Å²) in [7, 11) is 0. The van der Waals surface area contributed by atoms with Crippen molar-refractivity contribution >= 4 is 0 Å². The predicted octanol–water partition coefficient (Wildman–Crippen LogP) is 4.94. The van der Waals surface area contributed by atoms with E-state index in [0.29, 0.717) is 0 Å². The van der Waals surface area contributed by atoms with Crippen LogP contribution < -0.4 is 9.47 Å². The molecule has 0 aliphatic heterocycles. The second kappa shape index (κ2) is 7.64. The number of hydrogen-bond donors (Lipinski definition) is 0. The summed E-state index contributed by atoms with van der Waals surface area (Å²) in [6.07, 6.45) is -17.5. The molecule has 0 radical (unpaired) electrons. The predicted molar refractivity (Wildman–Crippen MR) is 74.9 cm³/mol. The van der Waals surface area contributed by atoms with E-state index in [4.69, 9.17) is 0 Å². The van der Waals surface area contributed by atoms with Crippen LogP contribution in [0.3, 0.4) is 0 Å². The topological polar surface area (TPSA) is 27.7 Å². The summed E-state index contributed by atoms with van der Waals surface area (Å²) in [4.78, 5) is 0. The fraction of sp³-hybridized carbons (Fsp3) is 0.250. The third-order valence-corrected chi connectivity index (χ3v) is 2.77. The minimum absolute atomic E-state index is 0.348. The molecule has 2 atom stereocenters. The van der Waals surface area contributed by atoms with Crippen molar-refractivity contribution in [2.75, 3.05) is 0 Å². The molecule has 3 nitrogen and oxygen atoms in total. The van der Waals surface area contributed by atoms with E-state index in [1.54, 1.807) is 0 Å². The van der Waals surface area contributed by atoms with Gasteiger partial charge in [0.05, 0.1) is 0 Å². The Bertz CT molecular complexity index is 596. The smallest absolute Gasteiger partial charge is 0.427 e. The van der Waals surface area contributed by atoms with Crippen molar-refractivity contribution in [3.63, 3.8) is 0 Å². The summed E-state index contributed by atoms with van der Waals surface area (Å²) in [5.41, 5.74) is 0. The maximum atomic E-state index is 13.5. The summed E-state index contributed by atoms with van der Waals surface area (Å²) in [5.74, 6) is -0.696. The van der Waals surface area contributed by atoms with E-state index in [0.717, 1.165) is 24.3 Å². The Balaban J connectivity index is 2.01. The number of benzene rings is 2. The number of alkyl halides is 6. The summed E-state index contributed by atoms with van der Waals surface area (Å²) in [5, 5.41) is 0. The molecule has 25 heavy (non-hydrogen) atoms. The van der Waals surface area contributed by atoms with E-state index in [1.165, 1.54) is 36.4 Å². The molecule has 0 heterocycles. The normalized spacial score (nSPS) is 14.6. The molecule has 136 valence electrons. The lowest BCUT2D eigenvalue weighted by atomic mass is 10.3.